The largest absolute Gasteiger partial charge is 0.472 e. The number of rotatable bonds is 5. The number of carbonyl (C=O) groups excluding carboxylic acids is 1. The second-order valence-corrected chi connectivity index (χ2v) is 3.55. The Labute approximate surface area is 88.6 Å². The van der Waals surface area contributed by atoms with Crippen LogP contribution in [0.1, 0.15) is 18.4 Å². The lowest BCUT2D eigenvalue weighted by Gasteiger charge is -2.15. The minimum Gasteiger partial charge on any atom is -0.472 e. The summed E-state index contributed by atoms with van der Waals surface area (Å²) in [5.74, 6) is 0.650. The van der Waals surface area contributed by atoms with Crippen LogP contribution in [0.5, 0.6) is 0 Å². The molecule has 0 atom stereocenters. The Kier molecular flexibility index (Phi) is 4.53. The third-order valence-electron chi connectivity index (χ3n) is 1.95. The molecule has 0 saturated carbocycles. The Balaban J connectivity index is 2.34. The van der Waals surface area contributed by atoms with Crippen LogP contribution in [0, 0.1) is 0 Å². The van der Waals surface area contributed by atoms with E-state index < -0.39 is 0 Å². The lowest BCUT2D eigenvalue weighted by atomic mass is 10.2. The average molecular weight is 216 g/mol. The first-order valence-corrected chi connectivity index (χ1v) is 5.08. The van der Waals surface area contributed by atoms with E-state index in [1.165, 1.54) is 0 Å². The lowest BCUT2D eigenvalue weighted by Crippen LogP contribution is -2.25. The summed E-state index contributed by atoms with van der Waals surface area (Å²) in [7, 11) is 1.78. The Morgan fingerprint density at radius 1 is 1.64 bits per heavy atom. The molecule has 3 nitrogen and oxygen atoms in total. The standard InChI is InChI=1S/C10H14ClNO2/c1-12(10(13)3-2-5-11)7-9-4-6-14-8-9/h4,6,8H,2-3,5,7H2,1H3. The minimum atomic E-state index is 0.117. The molecule has 0 unspecified atom stereocenters. The van der Waals surface area contributed by atoms with E-state index in [0.717, 1.165) is 12.0 Å². The van der Waals surface area contributed by atoms with Crippen LogP contribution in [0.3, 0.4) is 0 Å². The molecule has 1 heterocycles. The number of furan rings is 1. The first-order valence-electron chi connectivity index (χ1n) is 4.55. The Bertz CT molecular complexity index is 272. The van der Waals surface area contributed by atoms with Gasteiger partial charge in [0.05, 0.1) is 12.5 Å². The van der Waals surface area contributed by atoms with Crippen molar-refractivity contribution in [3.63, 3.8) is 0 Å². The molecule has 1 aromatic heterocycles. The highest BCUT2D eigenvalue weighted by Crippen LogP contribution is 2.05. The van der Waals surface area contributed by atoms with Gasteiger partial charge in [0.2, 0.25) is 5.91 Å². The molecule has 0 aliphatic rings. The van der Waals surface area contributed by atoms with E-state index >= 15 is 0 Å². The van der Waals surface area contributed by atoms with Gasteiger partial charge in [-0.05, 0) is 12.5 Å². The smallest absolute Gasteiger partial charge is 0.222 e. The van der Waals surface area contributed by atoms with Crippen molar-refractivity contribution in [1.82, 2.24) is 4.90 Å². The molecule has 1 aromatic rings. The summed E-state index contributed by atoms with van der Waals surface area (Å²) in [5, 5.41) is 0. The van der Waals surface area contributed by atoms with Gasteiger partial charge >= 0.3 is 0 Å². The maximum atomic E-state index is 11.5. The summed E-state index contributed by atoms with van der Waals surface area (Å²) < 4.78 is 4.92. The first-order chi connectivity index (χ1) is 6.74. The second-order valence-electron chi connectivity index (χ2n) is 3.17. The van der Waals surface area contributed by atoms with Gasteiger partial charge in [0, 0.05) is 31.5 Å². The highest BCUT2D eigenvalue weighted by molar-refractivity contribution is 6.17. The molecule has 14 heavy (non-hydrogen) atoms. The molecule has 4 heteroatoms. The number of nitrogens with zero attached hydrogens (tertiary/aromatic N) is 1. The van der Waals surface area contributed by atoms with Crippen molar-refractivity contribution in [1.29, 1.82) is 0 Å². The molecular formula is C10H14ClNO2. The van der Waals surface area contributed by atoms with Crippen LogP contribution in [0.15, 0.2) is 23.0 Å². The van der Waals surface area contributed by atoms with Gasteiger partial charge in [0.15, 0.2) is 0 Å². The van der Waals surface area contributed by atoms with Gasteiger partial charge in [0.25, 0.3) is 0 Å². The summed E-state index contributed by atoms with van der Waals surface area (Å²) in [5.41, 5.74) is 1.01. The molecule has 1 amide bonds. The molecule has 0 aliphatic heterocycles. The molecule has 78 valence electrons. The summed E-state index contributed by atoms with van der Waals surface area (Å²) in [4.78, 5) is 13.1. The van der Waals surface area contributed by atoms with Crippen LogP contribution in [-0.4, -0.2) is 23.7 Å². The number of hydrogen-bond acceptors (Lipinski definition) is 2. The summed E-state index contributed by atoms with van der Waals surface area (Å²) in [6.07, 6.45) is 4.49. The highest BCUT2D eigenvalue weighted by Gasteiger charge is 2.08. The van der Waals surface area contributed by atoms with E-state index in [2.05, 4.69) is 0 Å². The minimum absolute atomic E-state index is 0.117. The quantitative estimate of drug-likeness (QED) is 0.706. The number of halogens is 1. The van der Waals surface area contributed by atoms with Crippen molar-refractivity contribution in [3.8, 4) is 0 Å². The topological polar surface area (TPSA) is 33.5 Å². The zero-order chi connectivity index (χ0) is 10.4. The molecule has 0 bridgehead atoms. The van der Waals surface area contributed by atoms with E-state index in [4.69, 9.17) is 16.0 Å². The molecule has 0 aliphatic carbocycles. The number of alkyl halides is 1. The SMILES string of the molecule is CN(Cc1ccoc1)C(=O)CCCCl. The Morgan fingerprint density at radius 3 is 3.00 bits per heavy atom. The predicted molar refractivity (Wildman–Crippen MR) is 55.1 cm³/mol. The monoisotopic (exact) mass is 215 g/mol. The Hall–Kier alpha value is -0.960. The van der Waals surface area contributed by atoms with Crippen molar-refractivity contribution >= 4 is 17.5 Å². The van der Waals surface area contributed by atoms with Gasteiger partial charge in [-0.1, -0.05) is 0 Å². The number of hydrogen-bond donors (Lipinski definition) is 0. The molecule has 0 aromatic carbocycles. The fourth-order valence-electron chi connectivity index (χ4n) is 1.15. The van der Waals surface area contributed by atoms with Gasteiger partial charge in [-0.3, -0.25) is 4.79 Å². The lowest BCUT2D eigenvalue weighted by molar-refractivity contribution is -0.130. The van der Waals surface area contributed by atoms with E-state index in [-0.39, 0.29) is 5.91 Å². The van der Waals surface area contributed by atoms with Crippen LogP contribution in [0.4, 0.5) is 0 Å². The maximum Gasteiger partial charge on any atom is 0.222 e. The van der Waals surface area contributed by atoms with E-state index in [9.17, 15) is 4.79 Å². The van der Waals surface area contributed by atoms with Crippen molar-refractivity contribution in [3.05, 3.63) is 24.2 Å². The third kappa shape index (κ3) is 3.42. The molecular weight excluding hydrogens is 202 g/mol. The van der Waals surface area contributed by atoms with Crippen molar-refractivity contribution < 1.29 is 9.21 Å². The van der Waals surface area contributed by atoms with Crippen molar-refractivity contribution in [2.45, 2.75) is 19.4 Å². The van der Waals surface area contributed by atoms with Crippen LogP contribution < -0.4 is 0 Å². The predicted octanol–water partition coefficient (Wildman–Crippen LogP) is 2.26. The van der Waals surface area contributed by atoms with E-state index in [0.29, 0.717) is 18.8 Å². The fraction of sp³-hybridized carbons (Fsp3) is 0.500. The van der Waals surface area contributed by atoms with Gasteiger partial charge < -0.3 is 9.32 Å². The van der Waals surface area contributed by atoms with Gasteiger partial charge in [-0.2, -0.15) is 0 Å². The van der Waals surface area contributed by atoms with Crippen LogP contribution in [0.2, 0.25) is 0 Å². The summed E-state index contributed by atoms with van der Waals surface area (Å²) >= 11 is 5.51. The Morgan fingerprint density at radius 2 is 2.43 bits per heavy atom. The molecule has 0 fully saturated rings. The second kappa shape index (κ2) is 5.70. The fourth-order valence-corrected chi connectivity index (χ4v) is 1.29. The highest BCUT2D eigenvalue weighted by atomic mass is 35.5. The maximum absolute atomic E-state index is 11.5. The number of carbonyl (C=O) groups is 1. The summed E-state index contributed by atoms with van der Waals surface area (Å²) in [6.45, 7) is 0.595. The average Bonchev–Trinajstić information content (AvgIpc) is 2.66. The zero-order valence-electron chi connectivity index (χ0n) is 8.20. The molecule has 0 radical (unpaired) electrons. The first kappa shape index (κ1) is 11.1. The van der Waals surface area contributed by atoms with Gasteiger partial charge in [-0.25, -0.2) is 0 Å². The molecule has 0 spiro atoms. The zero-order valence-corrected chi connectivity index (χ0v) is 8.96. The van der Waals surface area contributed by atoms with Crippen molar-refractivity contribution in [2.24, 2.45) is 0 Å². The molecule has 0 saturated heterocycles. The number of amides is 1. The van der Waals surface area contributed by atoms with Gasteiger partial charge in [0.1, 0.15) is 0 Å². The van der Waals surface area contributed by atoms with Crippen LogP contribution in [0.25, 0.3) is 0 Å². The van der Waals surface area contributed by atoms with E-state index in [1.54, 1.807) is 24.5 Å². The van der Waals surface area contributed by atoms with Crippen molar-refractivity contribution in [2.75, 3.05) is 12.9 Å². The molecule has 0 N–H and O–H groups in total. The van der Waals surface area contributed by atoms with Crippen LogP contribution >= 0.6 is 11.6 Å². The molecule has 1 rings (SSSR count). The summed E-state index contributed by atoms with van der Waals surface area (Å²) in [6, 6.07) is 1.85. The van der Waals surface area contributed by atoms with Crippen LogP contribution in [-0.2, 0) is 11.3 Å². The normalized spacial score (nSPS) is 10.1. The van der Waals surface area contributed by atoms with Gasteiger partial charge in [-0.15, -0.1) is 11.6 Å². The van der Waals surface area contributed by atoms with E-state index in [1.807, 2.05) is 6.07 Å². The third-order valence-corrected chi connectivity index (χ3v) is 2.22.